The molecule has 0 spiro atoms. The lowest BCUT2D eigenvalue weighted by Crippen LogP contribution is -2.53. The second-order valence-electron chi connectivity index (χ2n) is 7.31. The predicted octanol–water partition coefficient (Wildman–Crippen LogP) is 3.77. The second kappa shape index (κ2) is 8.02. The average Bonchev–Trinajstić information content (AvgIpc) is 2.76. The first-order chi connectivity index (χ1) is 12.6. The number of benzene rings is 1. The van der Waals surface area contributed by atoms with Gasteiger partial charge in [0.1, 0.15) is 6.04 Å². The van der Waals surface area contributed by atoms with E-state index in [0.29, 0.717) is 24.2 Å². The van der Waals surface area contributed by atoms with E-state index in [1.54, 1.807) is 29.2 Å². The number of rotatable bonds is 5. The molecule has 140 valence electrons. The molecule has 0 saturated carbocycles. The van der Waals surface area contributed by atoms with E-state index in [0.717, 1.165) is 38.5 Å². The van der Waals surface area contributed by atoms with Gasteiger partial charge in [-0.1, -0.05) is 38.8 Å². The average molecular weight is 356 g/mol. The molecule has 1 atom stereocenters. The fourth-order valence-corrected chi connectivity index (χ4v) is 4.20. The molecule has 2 heterocycles. The molecule has 0 aliphatic carbocycles. The summed E-state index contributed by atoms with van der Waals surface area (Å²) in [5, 5.41) is 0. The molecule has 5 heteroatoms. The molecule has 0 bridgehead atoms. The minimum Gasteiger partial charge on any atom is -0.327 e. The van der Waals surface area contributed by atoms with Crippen molar-refractivity contribution >= 4 is 23.4 Å². The van der Waals surface area contributed by atoms with Gasteiger partial charge in [0.15, 0.2) is 0 Å². The molecular formula is C21H28N2O3. The Labute approximate surface area is 155 Å². The van der Waals surface area contributed by atoms with Crippen LogP contribution in [0.15, 0.2) is 24.3 Å². The number of imide groups is 1. The first-order valence-corrected chi connectivity index (χ1v) is 9.87. The summed E-state index contributed by atoms with van der Waals surface area (Å²) < 4.78 is 0. The number of piperidine rings is 1. The number of para-hydroxylation sites is 1. The zero-order valence-electron chi connectivity index (χ0n) is 15.7. The van der Waals surface area contributed by atoms with Crippen LogP contribution in [0.2, 0.25) is 0 Å². The van der Waals surface area contributed by atoms with Gasteiger partial charge in [-0.25, -0.2) is 4.90 Å². The minimum atomic E-state index is -0.517. The number of carbonyl (C=O) groups is 3. The Kier molecular flexibility index (Phi) is 5.74. The molecule has 1 aromatic rings. The topological polar surface area (TPSA) is 57.7 Å². The van der Waals surface area contributed by atoms with Crippen LogP contribution in [0.5, 0.6) is 0 Å². The Hall–Kier alpha value is -2.17. The molecule has 0 aromatic heterocycles. The Balaban J connectivity index is 2.07. The Bertz CT molecular complexity index is 694. The molecule has 2 aliphatic rings. The minimum absolute atomic E-state index is 0.128. The molecule has 0 N–H and O–H groups in total. The van der Waals surface area contributed by atoms with Gasteiger partial charge >= 0.3 is 0 Å². The number of carbonyl (C=O) groups excluding carboxylic acids is 3. The van der Waals surface area contributed by atoms with Crippen molar-refractivity contribution in [3.63, 3.8) is 0 Å². The van der Waals surface area contributed by atoms with Gasteiger partial charge in [-0.15, -0.1) is 0 Å². The fourth-order valence-electron chi connectivity index (χ4n) is 4.20. The van der Waals surface area contributed by atoms with Gasteiger partial charge in [-0.2, -0.15) is 0 Å². The predicted molar refractivity (Wildman–Crippen MR) is 101 cm³/mol. The maximum Gasteiger partial charge on any atom is 0.256 e. The van der Waals surface area contributed by atoms with Gasteiger partial charge in [-0.3, -0.25) is 14.4 Å². The van der Waals surface area contributed by atoms with Crippen molar-refractivity contribution < 1.29 is 14.4 Å². The zero-order valence-corrected chi connectivity index (χ0v) is 15.7. The van der Waals surface area contributed by atoms with Crippen molar-refractivity contribution in [3.05, 3.63) is 29.8 Å². The van der Waals surface area contributed by atoms with E-state index in [1.165, 1.54) is 4.90 Å². The van der Waals surface area contributed by atoms with Crippen molar-refractivity contribution in [1.29, 1.82) is 0 Å². The van der Waals surface area contributed by atoms with Crippen LogP contribution in [0.25, 0.3) is 0 Å². The molecule has 3 amide bonds. The van der Waals surface area contributed by atoms with E-state index >= 15 is 0 Å². The quantitative estimate of drug-likeness (QED) is 0.807. The highest BCUT2D eigenvalue weighted by Gasteiger charge is 2.43. The molecule has 1 saturated heterocycles. The summed E-state index contributed by atoms with van der Waals surface area (Å²) in [5.74, 6) is -0.680. The highest BCUT2D eigenvalue weighted by atomic mass is 16.2. The second-order valence-corrected chi connectivity index (χ2v) is 7.31. The zero-order chi connectivity index (χ0) is 18.7. The van der Waals surface area contributed by atoms with Gasteiger partial charge < -0.3 is 4.90 Å². The van der Waals surface area contributed by atoms with E-state index in [2.05, 4.69) is 13.8 Å². The van der Waals surface area contributed by atoms with Crippen LogP contribution in [0, 0.1) is 5.92 Å². The van der Waals surface area contributed by atoms with Crippen molar-refractivity contribution in [1.82, 2.24) is 4.90 Å². The summed E-state index contributed by atoms with van der Waals surface area (Å²) in [6.07, 6.45) is 5.77. The molecular weight excluding hydrogens is 328 g/mol. The first kappa shape index (κ1) is 18.6. The highest BCUT2D eigenvalue weighted by molar-refractivity contribution is 6.22. The van der Waals surface area contributed by atoms with Gasteiger partial charge in [0, 0.05) is 12.5 Å². The van der Waals surface area contributed by atoms with Gasteiger partial charge in [0.05, 0.1) is 11.3 Å². The smallest absolute Gasteiger partial charge is 0.256 e. The third-order valence-corrected chi connectivity index (χ3v) is 5.49. The van der Waals surface area contributed by atoms with Crippen molar-refractivity contribution in [2.45, 2.75) is 64.8 Å². The van der Waals surface area contributed by atoms with Crippen LogP contribution in [-0.4, -0.2) is 35.2 Å². The van der Waals surface area contributed by atoms with E-state index in [-0.39, 0.29) is 23.6 Å². The van der Waals surface area contributed by atoms with Gasteiger partial charge in [0.2, 0.25) is 5.91 Å². The molecule has 26 heavy (non-hydrogen) atoms. The number of amides is 3. The summed E-state index contributed by atoms with van der Waals surface area (Å²) in [6, 6.07) is 6.53. The third-order valence-electron chi connectivity index (χ3n) is 5.49. The Morgan fingerprint density at radius 2 is 1.81 bits per heavy atom. The summed E-state index contributed by atoms with van der Waals surface area (Å²) in [5.41, 5.74) is 0.921. The molecule has 0 radical (unpaired) electrons. The highest BCUT2D eigenvalue weighted by Crippen LogP contribution is 2.33. The van der Waals surface area contributed by atoms with Crippen molar-refractivity contribution in [3.8, 4) is 0 Å². The summed E-state index contributed by atoms with van der Waals surface area (Å²) >= 11 is 0. The van der Waals surface area contributed by atoms with E-state index in [4.69, 9.17) is 0 Å². The Morgan fingerprint density at radius 3 is 2.50 bits per heavy atom. The van der Waals surface area contributed by atoms with Crippen LogP contribution in [0.3, 0.4) is 0 Å². The molecule has 3 rings (SSSR count). The number of hydrogen-bond donors (Lipinski definition) is 0. The normalized spacial score (nSPS) is 20.0. The van der Waals surface area contributed by atoms with E-state index in [1.807, 2.05) is 0 Å². The summed E-state index contributed by atoms with van der Waals surface area (Å²) in [4.78, 5) is 42.8. The van der Waals surface area contributed by atoms with Crippen LogP contribution in [-0.2, 0) is 9.59 Å². The fraction of sp³-hybridized carbons (Fsp3) is 0.571. The van der Waals surface area contributed by atoms with Crippen LogP contribution < -0.4 is 4.90 Å². The summed E-state index contributed by atoms with van der Waals surface area (Å²) in [6.45, 7) is 4.69. The van der Waals surface area contributed by atoms with Crippen molar-refractivity contribution in [2.75, 3.05) is 11.4 Å². The first-order valence-electron chi connectivity index (χ1n) is 9.87. The molecule has 2 aliphatic heterocycles. The SMILES string of the molecule is CCCC(CCC)C(=O)N1C(=O)C2CCCCN2C(=O)c2ccccc21. The van der Waals surface area contributed by atoms with Crippen LogP contribution in [0.4, 0.5) is 5.69 Å². The maximum atomic E-state index is 13.4. The monoisotopic (exact) mass is 356 g/mol. The number of fused-ring (bicyclic) bond motifs is 2. The van der Waals surface area contributed by atoms with E-state index in [9.17, 15) is 14.4 Å². The summed E-state index contributed by atoms with van der Waals surface area (Å²) in [7, 11) is 0. The molecule has 5 nitrogen and oxygen atoms in total. The lowest BCUT2D eigenvalue weighted by Gasteiger charge is -2.34. The largest absolute Gasteiger partial charge is 0.327 e. The van der Waals surface area contributed by atoms with Gasteiger partial charge in [0.25, 0.3) is 11.8 Å². The molecule has 1 aromatic carbocycles. The number of hydrogen-bond acceptors (Lipinski definition) is 3. The number of nitrogens with zero attached hydrogens (tertiary/aromatic N) is 2. The number of anilines is 1. The maximum absolute atomic E-state index is 13.4. The standard InChI is InChI=1S/C21H28N2O3/c1-3-9-15(10-4-2)19(24)23-17-12-6-5-11-16(17)20(25)22-14-8-7-13-18(22)21(23)26/h5-6,11-12,15,18H,3-4,7-10,13-14H2,1-2H3. The molecule has 1 unspecified atom stereocenters. The van der Waals surface area contributed by atoms with Crippen LogP contribution >= 0.6 is 0 Å². The van der Waals surface area contributed by atoms with Gasteiger partial charge in [-0.05, 0) is 44.2 Å². The van der Waals surface area contributed by atoms with Crippen LogP contribution in [0.1, 0.15) is 69.2 Å². The van der Waals surface area contributed by atoms with Crippen molar-refractivity contribution in [2.24, 2.45) is 5.92 Å². The lowest BCUT2D eigenvalue weighted by molar-refractivity contribution is -0.131. The molecule has 1 fully saturated rings. The lowest BCUT2D eigenvalue weighted by atomic mass is 9.95. The van der Waals surface area contributed by atoms with E-state index < -0.39 is 6.04 Å². The Morgan fingerprint density at radius 1 is 1.12 bits per heavy atom. The third kappa shape index (κ3) is 3.27.